The summed E-state index contributed by atoms with van der Waals surface area (Å²) in [5.74, 6) is -1.91. The molecule has 1 aliphatic rings. The molecule has 130 valence electrons. The Bertz CT molecular complexity index is 769. The first-order valence-corrected chi connectivity index (χ1v) is 8.40. The van der Waals surface area contributed by atoms with Crippen molar-refractivity contribution in [2.45, 2.75) is 19.4 Å². The van der Waals surface area contributed by atoms with Gasteiger partial charge in [0.15, 0.2) is 6.04 Å². The molecule has 2 aromatic carbocycles. The summed E-state index contributed by atoms with van der Waals surface area (Å²) in [6, 6.07) is 13.3. The lowest BCUT2D eigenvalue weighted by molar-refractivity contribution is -0.909. The molecule has 0 saturated heterocycles. The normalized spacial score (nSPS) is 18.4. The molecule has 0 spiro atoms. The lowest BCUT2D eigenvalue weighted by atomic mass is 9.99. The van der Waals surface area contributed by atoms with Crippen LogP contribution in [0.1, 0.15) is 18.9 Å². The highest BCUT2D eigenvalue weighted by Gasteiger charge is 2.28. The summed E-state index contributed by atoms with van der Waals surface area (Å²) in [5.41, 5.74) is 2.10. The van der Waals surface area contributed by atoms with E-state index in [1.165, 1.54) is 17.2 Å². The van der Waals surface area contributed by atoms with Crippen LogP contribution in [0.15, 0.2) is 54.6 Å². The Kier molecular flexibility index (Phi) is 5.24. The van der Waals surface area contributed by atoms with Crippen LogP contribution in [0.3, 0.4) is 0 Å². The van der Waals surface area contributed by atoms with Crippen molar-refractivity contribution in [3.63, 3.8) is 0 Å². The van der Waals surface area contributed by atoms with E-state index in [1.54, 1.807) is 6.92 Å². The molecule has 0 saturated carbocycles. The molecular formula is C20H21F2N2O+. The van der Waals surface area contributed by atoms with Gasteiger partial charge in [-0.15, -0.1) is 0 Å². The van der Waals surface area contributed by atoms with Gasteiger partial charge in [0.05, 0.1) is 13.1 Å². The van der Waals surface area contributed by atoms with E-state index in [2.05, 4.69) is 23.5 Å². The van der Waals surface area contributed by atoms with Crippen molar-refractivity contribution < 1.29 is 18.5 Å². The minimum atomic E-state index is -0.763. The van der Waals surface area contributed by atoms with Gasteiger partial charge < -0.3 is 10.2 Å². The van der Waals surface area contributed by atoms with Gasteiger partial charge in [-0.2, -0.15) is 0 Å². The summed E-state index contributed by atoms with van der Waals surface area (Å²) < 4.78 is 27.4. The zero-order valence-electron chi connectivity index (χ0n) is 14.1. The summed E-state index contributed by atoms with van der Waals surface area (Å²) in [7, 11) is 0. The van der Waals surface area contributed by atoms with Gasteiger partial charge in [0.25, 0.3) is 5.91 Å². The monoisotopic (exact) mass is 343 g/mol. The predicted molar refractivity (Wildman–Crippen MR) is 94.2 cm³/mol. The second-order valence-corrected chi connectivity index (χ2v) is 6.27. The topological polar surface area (TPSA) is 33.5 Å². The van der Waals surface area contributed by atoms with E-state index in [9.17, 15) is 13.6 Å². The van der Waals surface area contributed by atoms with Gasteiger partial charge in [0.2, 0.25) is 0 Å². The molecule has 5 heteroatoms. The van der Waals surface area contributed by atoms with Crippen LogP contribution in [-0.4, -0.2) is 25.0 Å². The molecule has 0 radical (unpaired) electrons. The number of benzene rings is 2. The molecule has 2 N–H and O–H groups in total. The second kappa shape index (κ2) is 7.57. The smallest absolute Gasteiger partial charge is 0.282 e. The van der Waals surface area contributed by atoms with Crippen molar-refractivity contribution in [1.29, 1.82) is 0 Å². The summed E-state index contributed by atoms with van der Waals surface area (Å²) >= 11 is 0. The Balaban J connectivity index is 1.65. The number of carbonyl (C=O) groups is 1. The Morgan fingerprint density at radius 2 is 1.76 bits per heavy atom. The van der Waals surface area contributed by atoms with E-state index in [4.69, 9.17) is 0 Å². The first-order valence-electron chi connectivity index (χ1n) is 8.40. The van der Waals surface area contributed by atoms with Crippen LogP contribution >= 0.6 is 0 Å². The van der Waals surface area contributed by atoms with Crippen LogP contribution in [0.4, 0.5) is 14.5 Å². The standard InChI is InChI=1S/C20H20F2N2O/c1-14(20(25)23-19-17(21)8-5-9-18(19)22)24-12-10-16(11-13-24)15-6-3-2-4-7-15/h2-10,14H,11-13H2,1H3,(H,23,25)/p+1/t14-/m1/s1. The van der Waals surface area contributed by atoms with Gasteiger partial charge >= 0.3 is 0 Å². The molecule has 0 aliphatic carbocycles. The van der Waals surface area contributed by atoms with E-state index < -0.39 is 17.7 Å². The highest BCUT2D eigenvalue weighted by atomic mass is 19.1. The van der Waals surface area contributed by atoms with Crippen molar-refractivity contribution in [1.82, 2.24) is 0 Å². The fourth-order valence-corrected chi connectivity index (χ4v) is 3.10. The number of amides is 1. The lowest BCUT2D eigenvalue weighted by Crippen LogP contribution is -3.17. The van der Waals surface area contributed by atoms with Crippen LogP contribution in [0.25, 0.3) is 5.57 Å². The van der Waals surface area contributed by atoms with Crippen molar-refractivity contribution in [3.05, 3.63) is 71.8 Å². The summed E-state index contributed by atoms with van der Waals surface area (Å²) in [6.45, 7) is 3.29. The van der Waals surface area contributed by atoms with Gasteiger partial charge in [0, 0.05) is 6.42 Å². The fraction of sp³-hybridized carbons (Fsp3) is 0.250. The molecule has 3 nitrogen and oxygen atoms in total. The number of rotatable bonds is 4. The first-order chi connectivity index (χ1) is 12.1. The third-order valence-electron chi connectivity index (χ3n) is 4.69. The molecule has 1 amide bonds. The van der Waals surface area contributed by atoms with E-state index in [1.807, 2.05) is 18.2 Å². The minimum Gasteiger partial charge on any atom is -0.321 e. The third kappa shape index (κ3) is 3.94. The van der Waals surface area contributed by atoms with Crippen LogP contribution in [0, 0.1) is 11.6 Å². The van der Waals surface area contributed by atoms with E-state index in [-0.39, 0.29) is 11.6 Å². The minimum absolute atomic E-state index is 0.378. The van der Waals surface area contributed by atoms with Crippen molar-refractivity contribution in [2.75, 3.05) is 18.4 Å². The number of hydrogen-bond acceptors (Lipinski definition) is 1. The molecule has 1 aliphatic heterocycles. The van der Waals surface area contributed by atoms with Crippen molar-refractivity contribution in [3.8, 4) is 0 Å². The van der Waals surface area contributed by atoms with Gasteiger partial charge in [-0.05, 0) is 36.3 Å². The van der Waals surface area contributed by atoms with Crippen LogP contribution < -0.4 is 10.2 Å². The maximum absolute atomic E-state index is 13.7. The Hall–Kier alpha value is -2.53. The van der Waals surface area contributed by atoms with Crippen molar-refractivity contribution in [2.24, 2.45) is 0 Å². The quantitative estimate of drug-likeness (QED) is 0.879. The summed E-state index contributed by atoms with van der Waals surface area (Å²) in [6.07, 6.45) is 3.01. The van der Waals surface area contributed by atoms with Gasteiger partial charge in [-0.25, -0.2) is 8.78 Å². The van der Waals surface area contributed by atoms with Gasteiger partial charge in [-0.3, -0.25) is 4.79 Å². The average Bonchev–Trinajstić information content (AvgIpc) is 2.65. The first kappa shape index (κ1) is 17.3. The number of anilines is 1. The number of carbonyl (C=O) groups excluding carboxylic acids is 1. The molecule has 1 heterocycles. The van der Waals surface area contributed by atoms with E-state index in [0.717, 1.165) is 30.0 Å². The predicted octanol–water partition coefficient (Wildman–Crippen LogP) is 2.66. The molecule has 0 fully saturated rings. The SMILES string of the molecule is C[C@H](C(=O)Nc1c(F)cccc1F)[NH+]1CC=C(c2ccccc2)CC1. The fourth-order valence-electron chi connectivity index (χ4n) is 3.10. The number of para-hydroxylation sites is 1. The van der Waals surface area contributed by atoms with Gasteiger partial charge in [-0.1, -0.05) is 36.4 Å². The zero-order valence-corrected chi connectivity index (χ0v) is 14.1. The van der Waals surface area contributed by atoms with Crippen LogP contribution in [0.5, 0.6) is 0 Å². The van der Waals surface area contributed by atoms with Crippen molar-refractivity contribution >= 4 is 17.2 Å². The molecule has 25 heavy (non-hydrogen) atoms. The molecule has 1 unspecified atom stereocenters. The Morgan fingerprint density at radius 3 is 2.36 bits per heavy atom. The van der Waals surface area contributed by atoms with Crippen LogP contribution in [0.2, 0.25) is 0 Å². The number of hydrogen-bond donors (Lipinski definition) is 2. The molecule has 0 bridgehead atoms. The molecule has 2 atom stereocenters. The largest absolute Gasteiger partial charge is 0.321 e. The maximum Gasteiger partial charge on any atom is 0.282 e. The molecule has 2 aromatic rings. The molecule has 0 aromatic heterocycles. The number of quaternary nitrogens is 1. The third-order valence-corrected chi connectivity index (χ3v) is 4.69. The average molecular weight is 343 g/mol. The highest BCUT2D eigenvalue weighted by molar-refractivity contribution is 5.93. The van der Waals surface area contributed by atoms with Gasteiger partial charge in [0.1, 0.15) is 17.3 Å². The molecular weight excluding hydrogens is 322 g/mol. The number of nitrogens with one attached hydrogen (secondary N) is 2. The maximum atomic E-state index is 13.7. The second-order valence-electron chi connectivity index (χ2n) is 6.27. The summed E-state index contributed by atoms with van der Waals surface area (Å²) in [4.78, 5) is 13.5. The zero-order chi connectivity index (χ0) is 17.8. The molecule has 3 rings (SSSR count). The Labute approximate surface area is 146 Å². The van der Waals surface area contributed by atoms with E-state index in [0.29, 0.717) is 6.54 Å². The highest BCUT2D eigenvalue weighted by Crippen LogP contribution is 2.19. The lowest BCUT2D eigenvalue weighted by Gasteiger charge is -2.28. The number of halogens is 2. The van der Waals surface area contributed by atoms with E-state index >= 15 is 0 Å². The Morgan fingerprint density at radius 1 is 1.08 bits per heavy atom. The summed E-state index contributed by atoms with van der Waals surface area (Å²) in [5, 5.41) is 2.39. The van der Waals surface area contributed by atoms with Crippen LogP contribution in [-0.2, 0) is 4.79 Å².